The molecule has 1 rings (SSSR count). The fraction of sp³-hybridized carbons (Fsp3) is 0.333. The number of nitro benzene ring substituents is 1. The molecule has 0 aliphatic carbocycles. The lowest BCUT2D eigenvalue weighted by molar-refractivity contribution is -0.384. The number of rotatable bonds is 7. The molecular formula is C12H12F2N2O6. The van der Waals surface area contributed by atoms with Crippen LogP contribution >= 0.6 is 0 Å². The number of hydrogen-bond donors (Lipinski definition) is 2. The predicted octanol–water partition coefficient (Wildman–Crippen LogP) is 1.44. The highest BCUT2D eigenvalue weighted by molar-refractivity contribution is 5.99. The minimum Gasteiger partial charge on any atom is -0.496 e. The molecule has 0 fully saturated rings. The van der Waals surface area contributed by atoms with E-state index in [2.05, 4.69) is 0 Å². The zero-order chi connectivity index (χ0) is 16.9. The summed E-state index contributed by atoms with van der Waals surface area (Å²) in [5.41, 5.74) is -0.746. The van der Waals surface area contributed by atoms with Gasteiger partial charge in [0, 0.05) is 18.6 Å². The van der Waals surface area contributed by atoms with Gasteiger partial charge in [0.15, 0.2) is 0 Å². The van der Waals surface area contributed by atoms with Crippen LogP contribution in [0.3, 0.4) is 0 Å². The third kappa shape index (κ3) is 4.36. The Morgan fingerprint density at radius 2 is 2.09 bits per heavy atom. The molecule has 1 aromatic rings. The number of nitrogens with zero attached hydrogens (tertiary/aromatic N) is 1. The van der Waals surface area contributed by atoms with Crippen molar-refractivity contribution in [2.75, 3.05) is 7.11 Å². The molecule has 1 aromatic carbocycles. The maximum Gasteiger partial charge on any atom is 0.326 e. The quantitative estimate of drug-likeness (QED) is 0.580. The molecule has 1 unspecified atom stereocenters. The number of carbonyl (C=O) groups is 2. The Kier molecular flexibility index (Phi) is 5.72. The van der Waals surface area contributed by atoms with Crippen molar-refractivity contribution >= 4 is 17.6 Å². The van der Waals surface area contributed by atoms with E-state index < -0.39 is 41.4 Å². The smallest absolute Gasteiger partial charge is 0.326 e. The number of nitrogens with one attached hydrogen (secondary N) is 1. The van der Waals surface area contributed by atoms with Crippen LogP contribution in [-0.2, 0) is 4.79 Å². The minimum atomic E-state index is -2.94. The van der Waals surface area contributed by atoms with Crippen LogP contribution in [0, 0.1) is 10.1 Å². The van der Waals surface area contributed by atoms with E-state index in [1.165, 1.54) is 7.11 Å². The highest BCUT2D eigenvalue weighted by Gasteiger charge is 2.26. The number of nitro groups is 1. The van der Waals surface area contributed by atoms with E-state index in [-0.39, 0.29) is 11.3 Å². The summed E-state index contributed by atoms with van der Waals surface area (Å²) in [5.74, 6) is -2.75. The number of carboxylic acid groups (broad SMARTS) is 1. The number of methoxy groups -OCH3 is 1. The largest absolute Gasteiger partial charge is 0.496 e. The van der Waals surface area contributed by atoms with Crippen LogP contribution in [0.4, 0.5) is 14.5 Å². The van der Waals surface area contributed by atoms with E-state index in [0.717, 1.165) is 18.2 Å². The molecule has 22 heavy (non-hydrogen) atoms. The van der Waals surface area contributed by atoms with Crippen molar-refractivity contribution in [1.82, 2.24) is 5.32 Å². The maximum atomic E-state index is 12.3. The molecule has 0 radical (unpaired) electrons. The average molecular weight is 318 g/mol. The van der Waals surface area contributed by atoms with Crippen molar-refractivity contribution in [3.05, 3.63) is 33.9 Å². The SMILES string of the molecule is COc1ccc([N+](=O)[O-])cc1C(=O)NC(CC(F)F)C(=O)O. The highest BCUT2D eigenvalue weighted by atomic mass is 19.3. The van der Waals surface area contributed by atoms with Gasteiger partial charge in [0.25, 0.3) is 11.6 Å². The molecular weight excluding hydrogens is 306 g/mol. The molecule has 2 N–H and O–H groups in total. The molecule has 10 heteroatoms. The normalized spacial score (nSPS) is 11.8. The van der Waals surface area contributed by atoms with Gasteiger partial charge in [-0.1, -0.05) is 0 Å². The van der Waals surface area contributed by atoms with Crippen molar-refractivity contribution in [2.45, 2.75) is 18.9 Å². The lowest BCUT2D eigenvalue weighted by atomic mass is 10.1. The number of alkyl halides is 2. The zero-order valence-corrected chi connectivity index (χ0v) is 11.3. The summed E-state index contributed by atoms with van der Waals surface area (Å²) in [6.07, 6.45) is -4.02. The van der Waals surface area contributed by atoms with Gasteiger partial charge in [-0.15, -0.1) is 0 Å². The molecule has 0 bridgehead atoms. The summed E-state index contributed by atoms with van der Waals surface area (Å²) in [6, 6.07) is 1.28. The van der Waals surface area contributed by atoms with E-state index >= 15 is 0 Å². The van der Waals surface area contributed by atoms with Crippen molar-refractivity contribution in [3.63, 3.8) is 0 Å². The summed E-state index contributed by atoms with van der Waals surface area (Å²) in [5, 5.41) is 21.4. The van der Waals surface area contributed by atoms with Gasteiger partial charge in [0.1, 0.15) is 11.8 Å². The monoisotopic (exact) mass is 318 g/mol. The first-order valence-corrected chi connectivity index (χ1v) is 5.90. The predicted molar refractivity (Wildman–Crippen MR) is 69.2 cm³/mol. The number of hydrogen-bond acceptors (Lipinski definition) is 5. The zero-order valence-electron chi connectivity index (χ0n) is 11.3. The van der Waals surface area contributed by atoms with Gasteiger partial charge in [-0.3, -0.25) is 14.9 Å². The average Bonchev–Trinajstić information content (AvgIpc) is 2.44. The minimum absolute atomic E-state index is 0.0516. The van der Waals surface area contributed by atoms with Gasteiger partial charge in [-0.25, -0.2) is 13.6 Å². The second kappa shape index (κ2) is 7.29. The molecule has 1 atom stereocenters. The number of ether oxygens (including phenoxy) is 1. The molecule has 120 valence electrons. The molecule has 0 saturated heterocycles. The highest BCUT2D eigenvalue weighted by Crippen LogP contribution is 2.24. The van der Waals surface area contributed by atoms with Crippen molar-refractivity contribution < 1.29 is 33.1 Å². The molecule has 0 saturated carbocycles. The Bertz CT molecular complexity index is 593. The van der Waals surface area contributed by atoms with Gasteiger partial charge < -0.3 is 15.2 Å². The molecule has 0 aliphatic heterocycles. The molecule has 1 amide bonds. The van der Waals surface area contributed by atoms with Crippen LogP contribution in [-0.4, -0.2) is 41.5 Å². The number of halogens is 2. The maximum absolute atomic E-state index is 12.3. The van der Waals surface area contributed by atoms with E-state index in [1.54, 1.807) is 0 Å². The Hall–Kier alpha value is -2.78. The third-order valence-electron chi connectivity index (χ3n) is 2.66. The molecule has 0 heterocycles. The number of aliphatic carboxylic acids is 1. The van der Waals surface area contributed by atoms with E-state index in [9.17, 15) is 28.5 Å². The van der Waals surface area contributed by atoms with Gasteiger partial charge >= 0.3 is 5.97 Å². The number of benzene rings is 1. The van der Waals surface area contributed by atoms with Crippen LogP contribution in [0.25, 0.3) is 0 Å². The summed E-state index contributed by atoms with van der Waals surface area (Å²) in [4.78, 5) is 32.7. The van der Waals surface area contributed by atoms with Crippen molar-refractivity contribution in [3.8, 4) is 5.75 Å². The third-order valence-corrected chi connectivity index (χ3v) is 2.66. The summed E-state index contributed by atoms with van der Waals surface area (Å²) < 4.78 is 29.4. The topological polar surface area (TPSA) is 119 Å². The number of non-ortho nitro benzene ring substituents is 1. The van der Waals surface area contributed by atoms with Gasteiger partial charge in [0.2, 0.25) is 6.43 Å². The van der Waals surface area contributed by atoms with Crippen LogP contribution in [0.1, 0.15) is 16.8 Å². The fourth-order valence-electron chi connectivity index (χ4n) is 1.62. The molecule has 0 aromatic heterocycles. The Balaban J connectivity index is 3.07. The fourth-order valence-corrected chi connectivity index (χ4v) is 1.62. The Labute approximate surface area is 122 Å². The van der Waals surface area contributed by atoms with Gasteiger partial charge in [-0.05, 0) is 6.07 Å². The second-order valence-corrected chi connectivity index (χ2v) is 4.13. The first kappa shape index (κ1) is 17.3. The van der Waals surface area contributed by atoms with Gasteiger partial charge in [0.05, 0.1) is 17.6 Å². The summed E-state index contributed by atoms with van der Waals surface area (Å²) in [7, 11) is 1.20. The van der Waals surface area contributed by atoms with E-state index in [0.29, 0.717) is 0 Å². The van der Waals surface area contributed by atoms with E-state index in [1.807, 2.05) is 5.32 Å². The van der Waals surface area contributed by atoms with Crippen LogP contribution in [0.2, 0.25) is 0 Å². The molecule has 0 aliphatic rings. The molecule has 0 spiro atoms. The lowest BCUT2D eigenvalue weighted by Gasteiger charge is -2.15. The summed E-state index contributed by atoms with van der Waals surface area (Å²) >= 11 is 0. The van der Waals surface area contributed by atoms with Crippen LogP contribution in [0.5, 0.6) is 5.75 Å². The first-order chi connectivity index (χ1) is 10.3. The van der Waals surface area contributed by atoms with Crippen molar-refractivity contribution in [1.29, 1.82) is 0 Å². The van der Waals surface area contributed by atoms with Crippen molar-refractivity contribution in [2.24, 2.45) is 0 Å². The number of carbonyl (C=O) groups excluding carboxylic acids is 1. The molecule has 8 nitrogen and oxygen atoms in total. The lowest BCUT2D eigenvalue weighted by Crippen LogP contribution is -2.42. The standard InChI is InChI=1S/C12H12F2N2O6/c1-22-9-3-2-6(16(20)21)4-7(9)11(17)15-8(12(18)19)5-10(13)14/h2-4,8,10H,5H2,1H3,(H,15,17)(H,18,19). The second-order valence-electron chi connectivity index (χ2n) is 4.13. The first-order valence-electron chi connectivity index (χ1n) is 5.90. The van der Waals surface area contributed by atoms with E-state index in [4.69, 9.17) is 9.84 Å². The number of carboxylic acids is 1. The number of amides is 1. The van der Waals surface area contributed by atoms with Crippen LogP contribution in [0.15, 0.2) is 18.2 Å². The Morgan fingerprint density at radius 1 is 1.45 bits per heavy atom. The summed E-state index contributed by atoms with van der Waals surface area (Å²) in [6.45, 7) is 0. The Morgan fingerprint density at radius 3 is 2.55 bits per heavy atom. The van der Waals surface area contributed by atoms with Crippen LogP contribution < -0.4 is 10.1 Å². The van der Waals surface area contributed by atoms with Gasteiger partial charge in [-0.2, -0.15) is 0 Å².